The van der Waals surface area contributed by atoms with E-state index in [0.29, 0.717) is 6.54 Å². The van der Waals surface area contributed by atoms with Gasteiger partial charge in [0.25, 0.3) is 0 Å². The number of amides is 1. The molecule has 1 amide bonds. The fourth-order valence-electron chi connectivity index (χ4n) is 2.14. The summed E-state index contributed by atoms with van der Waals surface area (Å²) < 4.78 is 2.23. The summed E-state index contributed by atoms with van der Waals surface area (Å²) in [5.41, 5.74) is 2.16. The zero-order chi connectivity index (χ0) is 13.8. The number of hydrogen-bond acceptors (Lipinski definition) is 2. The van der Waals surface area contributed by atoms with Gasteiger partial charge in [-0.2, -0.15) is 0 Å². The molecule has 4 nitrogen and oxygen atoms in total. The first kappa shape index (κ1) is 13.6. The highest BCUT2D eigenvalue weighted by Gasteiger charge is 2.13. The van der Waals surface area contributed by atoms with E-state index in [1.165, 1.54) is 0 Å². The minimum absolute atomic E-state index is 0.0640. The predicted octanol–water partition coefficient (Wildman–Crippen LogP) is 2.81. The fraction of sp³-hybridized carbons (Fsp3) is 0.467. The molecule has 0 aliphatic carbocycles. The SMILES string of the molecule is CCCCn1c(CN(C)C(C)=O)nc2ccccc21. The molecule has 2 aromatic rings. The van der Waals surface area contributed by atoms with Gasteiger partial charge in [0.1, 0.15) is 5.82 Å². The predicted molar refractivity (Wildman–Crippen MR) is 76.8 cm³/mol. The van der Waals surface area contributed by atoms with Crippen LogP contribution in [0.4, 0.5) is 0 Å². The van der Waals surface area contributed by atoms with Crippen LogP contribution in [0.3, 0.4) is 0 Å². The Labute approximate surface area is 114 Å². The number of hydrogen-bond donors (Lipinski definition) is 0. The maximum Gasteiger partial charge on any atom is 0.219 e. The lowest BCUT2D eigenvalue weighted by molar-refractivity contribution is -0.128. The molecule has 0 spiro atoms. The second kappa shape index (κ2) is 5.87. The molecule has 102 valence electrons. The van der Waals surface area contributed by atoms with E-state index in [1.54, 1.807) is 11.8 Å². The van der Waals surface area contributed by atoms with Gasteiger partial charge >= 0.3 is 0 Å². The maximum absolute atomic E-state index is 11.4. The average Bonchev–Trinajstić information content (AvgIpc) is 2.73. The highest BCUT2D eigenvalue weighted by molar-refractivity contribution is 5.76. The van der Waals surface area contributed by atoms with Gasteiger partial charge in [0.2, 0.25) is 5.91 Å². The smallest absolute Gasteiger partial charge is 0.219 e. The number of carbonyl (C=O) groups excluding carboxylic acids is 1. The molecule has 1 aromatic heterocycles. The van der Waals surface area contributed by atoms with Crippen LogP contribution in [-0.2, 0) is 17.9 Å². The van der Waals surface area contributed by atoms with Crippen molar-refractivity contribution in [3.05, 3.63) is 30.1 Å². The van der Waals surface area contributed by atoms with Gasteiger partial charge in [-0.25, -0.2) is 4.98 Å². The van der Waals surface area contributed by atoms with E-state index in [-0.39, 0.29) is 5.91 Å². The summed E-state index contributed by atoms with van der Waals surface area (Å²) in [6.45, 7) is 5.28. The number of fused-ring (bicyclic) bond motifs is 1. The maximum atomic E-state index is 11.4. The third-order valence-corrected chi connectivity index (χ3v) is 3.39. The standard InChI is InChI=1S/C15H21N3O/c1-4-5-10-18-14-9-7-6-8-13(14)16-15(18)11-17(3)12(2)19/h6-9H,4-5,10-11H2,1-3H3. The number of unbranched alkanes of at least 4 members (excludes halogenated alkanes) is 1. The molecule has 0 saturated heterocycles. The minimum atomic E-state index is 0.0640. The van der Waals surface area contributed by atoms with Crippen molar-refractivity contribution in [1.29, 1.82) is 0 Å². The molecule has 4 heteroatoms. The summed E-state index contributed by atoms with van der Waals surface area (Å²) in [6, 6.07) is 8.15. The number of aromatic nitrogens is 2. The van der Waals surface area contributed by atoms with E-state index in [4.69, 9.17) is 0 Å². The molecule has 1 aromatic carbocycles. The summed E-state index contributed by atoms with van der Waals surface area (Å²) in [7, 11) is 1.81. The monoisotopic (exact) mass is 259 g/mol. The lowest BCUT2D eigenvalue weighted by Crippen LogP contribution is -2.25. The molecule has 0 atom stereocenters. The van der Waals surface area contributed by atoms with Gasteiger partial charge < -0.3 is 9.47 Å². The first-order chi connectivity index (χ1) is 9.13. The number of benzene rings is 1. The van der Waals surface area contributed by atoms with Crippen LogP contribution in [0, 0.1) is 0 Å². The largest absolute Gasteiger partial charge is 0.339 e. The third-order valence-electron chi connectivity index (χ3n) is 3.39. The molecule has 1 heterocycles. The second-order valence-electron chi connectivity index (χ2n) is 4.90. The van der Waals surface area contributed by atoms with Crippen LogP contribution < -0.4 is 0 Å². The highest BCUT2D eigenvalue weighted by Crippen LogP contribution is 2.18. The van der Waals surface area contributed by atoms with Crippen molar-refractivity contribution in [2.75, 3.05) is 7.05 Å². The van der Waals surface area contributed by atoms with Crippen LogP contribution in [0.25, 0.3) is 11.0 Å². The molecule has 0 bridgehead atoms. The van der Waals surface area contributed by atoms with E-state index in [1.807, 2.05) is 25.2 Å². The van der Waals surface area contributed by atoms with Crippen LogP contribution in [0.5, 0.6) is 0 Å². The Hall–Kier alpha value is -1.84. The number of para-hydroxylation sites is 2. The van der Waals surface area contributed by atoms with Crippen molar-refractivity contribution in [2.24, 2.45) is 0 Å². The summed E-state index contributed by atoms with van der Waals surface area (Å²) in [5.74, 6) is 1.03. The number of imidazole rings is 1. The molecule has 19 heavy (non-hydrogen) atoms. The minimum Gasteiger partial charge on any atom is -0.339 e. The van der Waals surface area contributed by atoms with Crippen LogP contribution in [-0.4, -0.2) is 27.4 Å². The summed E-state index contributed by atoms with van der Waals surface area (Å²) >= 11 is 0. The molecular weight excluding hydrogens is 238 g/mol. The van der Waals surface area contributed by atoms with Gasteiger partial charge in [-0.1, -0.05) is 25.5 Å². The average molecular weight is 259 g/mol. The number of aryl methyl sites for hydroxylation is 1. The fourth-order valence-corrected chi connectivity index (χ4v) is 2.14. The quantitative estimate of drug-likeness (QED) is 0.828. The van der Waals surface area contributed by atoms with Gasteiger partial charge in [-0.05, 0) is 18.6 Å². The summed E-state index contributed by atoms with van der Waals surface area (Å²) in [6.07, 6.45) is 2.27. The number of rotatable bonds is 5. The summed E-state index contributed by atoms with van der Waals surface area (Å²) in [5, 5.41) is 0. The van der Waals surface area contributed by atoms with Gasteiger partial charge in [-0.15, -0.1) is 0 Å². The normalized spacial score (nSPS) is 10.9. The van der Waals surface area contributed by atoms with Crippen LogP contribution in [0.2, 0.25) is 0 Å². The van der Waals surface area contributed by atoms with Gasteiger partial charge in [0.15, 0.2) is 0 Å². The molecule has 0 fully saturated rings. The van der Waals surface area contributed by atoms with E-state index in [0.717, 1.165) is 36.2 Å². The zero-order valence-electron chi connectivity index (χ0n) is 11.9. The second-order valence-corrected chi connectivity index (χ2v) is 4.90. The van der Waals surface area contributed by atoms with Crippen molar-refractivity contribution < 1.29 is 4.79 Å². The van der Waals surface area contributed by atoms with Crippen molar-refractivity contribution in [2.45, 2.75) is 39.8 Å². The first-order valence-electron chi connectivity index (χ1n) is 6.79. The van der Waals surface area contributed by atoms with Gasteiger partial charge in [-0.3, -0.25) is 4.79 Å². The Bertz CT molecular complexity index is 574. The van der Waals surface area contributed by atoms with Gasteiger partial charge in [0.05, 0.1) is 17.6 Å². The molecule has 0 radical (unpaired) electrons. The Morgan fingerprint density at radius 3 is 2.79 bits per heavy atom. The molecule has 0 unspecified atom stereocenters. The topological polar surface area (TPSA) is 38.1 Å². The Kier molecular flexibility index (Phi) is 4.20. The number of carbonyl (C=O) groups is 1. The van der Waals surface area contributed by atoms with E-state index >= 15 is 0 Å². The Balaban J connectivity index is 2.37. The highest BCUT2D eigenvalue weighted by atomic mass is 16.2. The van der Waals surface area contributed by atoms with E-state index in [9.17, 15) is 4.79 Å². The molecule has 0 N–H and O–H groups in total. The van der Waals surface area contributed by atoms with Crippen molar-refractivity contribution in [3.8, 4) is 0 Å². The third kappa shape index (κ3) is 2.95. The van der Waals surface area contributed by atoms with Crippen molar-refractivity contribution >= 4 is 16.9 Å². The molecule has 0 aliphatic rings. The van der Waals surface area contributed by atoms with Gasteiger partial charge in [0, 0.05) is 20.5 Å². The summed E-state index contributed by atoms with van der Waals surface area (Å²) in [4.78, 5) is 17.7. The Morgan fingerprint density at radius 2 is 2.11 bits per heavy atom. The zero-order valence-corrected chi connectivity index (χ0v) is 11.9. The van der Waals surface area contributed by atoms with E-state index in [2.05, 4.69) is 22.5 Å². The first-order valence-corrected chi connectivity index (χ1v) is 6.79. The van der Waals surface area contributed by atoms with Crippen LogP contribution in [0.1, 0.15) is 32.5 Å². The van der Waals surface area contributed by atoms with Crippen molar-refractivity contribution in [1.82, 2.24) is 14.5 Å². The molecule has 2 rings (SSSR count). The van der Waals surface area contributed by atoms with Crippen molar-refractivity contribution in [3.63, 3.8) is 0 Å². The number of nitrogens with zero attached hydrogens (tertiary/aromatic N) is 3. The lowest BCUT2D eigenvalue weighted by Gasteiger charge is -2.15. The van der Waals surface area contributed by atoms with Crippen LogP contribution in [0.15, 0.2) is 24.3 Å². The lowest BCUT2D eigenvalue weighted by atomic mass is 10.3. The van der Waals surface area contributed by atoms with E-state index < -0.39 is 0 Å². The molecule has 0 aliphatic heterocycles. The Morgan fingerprint density at radius 1 is 1.37 bits per heavy atom. The van der Waals surface area contributed by atoms with Crippen LogP contribution >= 0.6 is 0 Å². The molecule has 0 saturated carbocycles. The molecular formula is C15H21N3O.